The van der Waals surface area contributed by atoms with Crippen LogP contribution in [0, 0.1) is 5.92 Å². The van der Waals surface area contributed by atoms with Gasteiger partial charge in [-0.2, -0.15) is 0 Å². The van der Waals surface area contributed by atoms with Crippen LogP contribution >= 0.6 is 0 Å². The molecule has 15 heavy (non-hydrogen) atoms. The minimum absolute atomic E-state index is 0.194. The molecule has 80 valence electrons. The van der Waals surface area contributed by atoms with Crippen LogP contribution in [-0.2, 0) is 10.3 Å². The normalized spacial score (nSPS) is 20.4. The Morgan fingerprint density at radius 3 is 2.40 bits per heavy atom. The molecule has 0 heterocycles. The quantitative estimate of drug-likeness (QED) is 0.818. The van der Waals surface area contributed by atoms with Gasteiger partial charge in [0.25, 0.3) is 0 Å². The molecule has 0 saturated heterocycles. The number of hydrogen-bond acceptors (Lipinski definition) is 2. The van der Waals surface area contributed by atoms with E-state index in [1.165, 1.54) is 6.42 Å². The summed E-state index contributed by atoms with van der Waals surface area (Å²) in [6.45, 7) is 1.82. The second-order valence-corrected chi connectivity index (χ2v) is 4.56. The van der Waals surface area contributed by atoms with E-state index in [1.54, 1.807) is 0 Å². The first-order valence-electron chi connectivity index (χ1n) is 5.51. The molecule has 2 N–H and O–H groups in total. The van der Waals surface area contributed by atoms with E-state index in [-0.39, 0.29) is 11.7 Å². The zero-order valence-corrected chi connectivity index (χ0v) is 9.07. The maximum Gasteiger partial charge on any atom is 0.159 e. The van der Waals surface area contributed by atoms with Gasteiger partial charge in [-0.3, -0.25) is 4.79 Å². The number of Topliss-reactive ketones (excluding diaryl/α,β-unsaturated/α-hetero) is 1. The summed E-state index contributed by atoms with van der Waals surface area (Å²) in [5.74, 6) is 0.389. The van der Waals surface area contributed by atoms with E-state index >= 15 is 0 Å². The van der Waals surface area contributed by atoms with Gasteiger partial charge in [-0.15, -0.1) is 0 Å². The molecule has 1 saturated carbocycles. The smallest absolute Gasteiger partial charge is 0.159 e. The van der Waals surface area contributed by atoms with Crippen molar-refractivity contribution in [3.05, 3.63) is 35.9 Å². The van der Waals surface area contributed by atoms with Crippen molar-refractivity contribution >= 4 is 5.78 Å². The predicted octanol–water partition coefficient (Wildman–Crippen LogP) is 2.23. The van der Waals surface area contributed by atoms with Crippen LogP contribution < -0.4 is 5.73 Å². The minimum Gasteiger partial charge on any atom is -0.315 e. The summed E-state index contributed by atoms with van der Waals surface area (Å²) in [5.41, 5.74) is 6.25. The molecule has 2 rings (SSSR count). The fourth-order valence-corrected chi connectivity index (χ4v) is 2.02. The van der Waals surface area contributed by atoms with Crippen molar-refractivity contribution in [3.8, 4) is 0 Å². The third kappa shape index (κ3) is 1.82. The molecule has 1 fully saturated rings. The summed E-state index contributed by atoms with van der Waals surface area (Å²) in [6, 6.07) is 9.64. The van der Waals surface area contributed by atoms with E-state index in [9.17, 15) is 4.79 Å². The molecule has 0 aromatic heterocycles. The number of nitrogens with two attached hydrogens (primary N) is 1. The van der Waals surface area contributed by atoms with Gasteiger partial charge in [0.05, 0.1) is 5.54 Å². The zero-order chi connectivity index (χ0) is 10.9. The Balaban J connectivity index is 2.22. The molecular weight excluding hydrogens is 186 g/mol. The highest BCUT2D eigenvalue weighted by atomic mass is 16.1. The van der Waals surface area contributed by atoms with Crippen LogP contribution in [0.1, 0.15) is 31.7 Å². The van der Waals surface area contributed by atoms with Gasteiger partial charge < -0.3 is 5.73 Å². The Hall–Kier alpha value is -1.15. The van der Waals surface area contributed by atoms with Crippen molar-refractivity contribution in [2.75, 3.05) is 0 Å². The lowest BCUT2D eigenvalue weighted by Crippen LogP contribution is -2.46. The number of rotatable bonds is 3. The first-order valence-corrected chi connectivity index (χ1v) is 5.51. The number of hydrogen-bond donors (Lipinski definition) is 1. The molecule has 1 aromatic carbocycles. The first kappa shape index (κ1) is 10.4. The van der Waals surface area contributed by atoms with Crippen molar-refractivity contribution in [3.63, 3.8) is 0 Å². The predicted molar refractivity (Wildman–Crippen MR) is 60.3 cm³/mol. The van der Waals surface area contributed by atoms with Crippen molar-refractivity contribution in [1.29, 1.82) is 0 Å². The summed E-state index contributed by atoms with van der Waals surface area (Å²) in [6.07, 6.45) is 3.19. The maximum absolute atomic E-state index is 12.1. The second-order valence-electron chi connectivity index (χ2n) is 4.56. The molecular formula is C13H17NO. The van der Waals surface area contributed by atoms with Crippen LogP contribution in [0.5, 0.6) is 0 Å². The standard InChI is InChI=1S/C13H17NO/c1-13(14,11-8-3-2-4-9-11)12(15)10-6-5-7-10/h2-4,8-10H,5-7,14H2,1H3. The Morgan fingerprint density at radius 1 is 1.33 bits per heavy atom. The fourth-order valence-electron chi connectivity index (χ4n) is 2.02. The van der Waals surface area contributed by atoms with Crippen molar-refractivity contribution < 1.29 is 4.79 Å². The van der Waals surface area contributed by atoms with E-state index in [4.69, 9.17) is 5.73 Å². The van der Waals surface area contributed by atoms with Crippen LogP contribution in [0.3, 0.4) is 0 Å². The highest BCUT2D eigenvalue weighted by molar-refractivity contribution is 5.91. The van der Waals surface area contributed by atoms with Gasteiger partial charge in [-0.25, -0.2) is 0 Å². The average molecular weight is 203 g/mol. The van der Waals surface area contributed by atoms with Crippen LogP contribution in [0.25, 0.3) is 0 Å². The largest absolute Gasteiger partial charge is 0.315 e. The van der Waals surface area contributed by atoms with Gasteiger partial charge in [-0.1, -0.05) is 36.8 Å². The molecule has 1 aromatic rings. The van der Waals surface area contributed by atoms with E-state index in [0.29, 0.717) is 0 Å². The van der Waals surface area contributed by atoms with Crippen LogP contribution in [0.2, 0.25) is 0 Å². The molecule has 1 aliphatic rings. The molecule has 0 radical (unpaired) electrons. The SMILES string of the molecule is CC(N)(C(=O)C1CCC1)c1ccccc1. The summed E-state index contributed by atoms with van der Waals surface area (Å²) >= 11 is 0. The topological polar surface area (TPSA) is 43.1 Å². The first-order chi connectivity index (χ1) is 7.12. The van der Waals surface area contributed by atoms with Crippen molar-refractivity contribution in [2.24, 2.45) is 11.7 Å². The lowest BCUT2D eigenvalue weighted by Gasteiger charge is -2.33. The molecule has 0 aliphatic heterocycles. The summed E-state index contributed by atoms with van der Waals surface area (Å²) in [4.78, 5) is 12.1. The zero-order valence-electron chi connectivity index (χ0n) is 9.07. The minimum atomic E-state index is -0.813. The monoisotopic (exact) mass is 203 g/mol. The lowest BCUT2D eigenvalue weighted by molar-refractivity contribution is -0.130. The summed E-state index contributed by atoms with van der Waals surface area (Å²) < 4.78 is 0. The van der Waals surface area contributed by atoms with Gasteiger partial charge >= 0.3 is 0 Å². The van der Waals surface area contributed by atoms with Gasteiger partial charge in [0.2, 0.25) is 0 Å². The molecule has 0 amide bonds. The van der Waals surface area contributed by atoms with E-state index in [0.717, 1.165) is 18.4 Å². The molecule has 1 atom stereocenters. The van der Waals surface area contributed by atoms with Crippen molar-refractivity contribution in [1.82, 2.24) is 0 Å². The van der Waals surface area contributed by atoms with Gasteiger partial charge in [0.1, 0.15) is 0 Å². The number of carbonyl (C=O) groups is 1. The third-order valence-corrected chi connectivity index (χ3v) is 3.36. The van der Waals surface area contributed by atoms with E-state index in [1.807, 2.05) is 37.3 Å². The molecule has 1 aliphatic carbocycles. The molecule has 0 bridgehead atoms. The van der Waals surface area contributed by atoms with Gasteiger partial charge in [-0.05, 0) is 25.3 Å². The summed E-state index contributed by atoms with van der Waals surface area (Å²) in [5, 5.41) is 0. The van der Waals surface area contributed by atoms with Crippen LogP contribution in [-0.4, -0.2) is 5.78 Å². The highest BCUT2D eigenvalue weighted by Crippen LogP contribution is 2.33. The summed E-state index contributed by atoms with van der Waals surface area (Å²) in [7, 11) is 0. The third-order valence-electron chi connectivity index (χ3n) is 3.36. The van der Waals surface area contributed by atoms with Crippen LogP contribution in [0.4, 0.5) is 0 Å². The maximum atomic E-state index is 12.1. The molecule has 0 spiro atoms. The number of benzene rings is 1. The number of carbonyl (C=O) groups excluding carboxylic acids is 1. The second kappa shape index (κ2) is 3.78. The van der Waals surface area contributed by atoms with E-state index in [2.05, 4.69) is 0 Å². The fraction of sp³-hybridized carbons (Fsp3) is 0.462. The molecule has 1 unspecified atom stereocenters. The molecule has 2 nitrogen and oxygen atoms in total. The Kier molecular flexibility index (Phi) is 2.61. The Bertz CT molecular complexity index is 352. The Morgan fingerprint density at radius 2 is 1.93 bits per heavy atom. The average Bonchev–Trinajstić information content (AvgIpc) is 2.16. The van der Waals surface area contributed by atoms with E-state index < -0.39 is 5.54 Å². The lowest BCUT2D eigenvalue weighted by atomic mass is 9.73. The van der Waals surface area contributed by atoms with Gasteiger partial charge in [0.15, 0.2) is 5.78 Å². The van der Waals surface area contributed by atoms with Gasteiger partial charge in [0, 0.05) is 5.92 Å². The highest BCUT2D eigenvalue weighted by Gasteiger charge is 2.38. The van der Waals surface area contributed by atoms with Crippen LogP contribution in [0.15, 0.2) is 30.3 Å². The Labute approximate surface area is 90.5 Å². The molecule has 2 heteroatoms. The van der Waals surface area contributed by atoms with Crippen molar-refractivity contribution in [2.45, 2.75) is 31.7 Å². The number of ketones is 1.